The van der Waals surface area contributed by atoms with E-state index >= 15 is 0 Å². The van der Waals surface area contributed by atoms with Gasteiger partial charge in [0.15, 0.2) is 0 Å². The molecule has 5 heteroatoms. The minimum Gasteiger partial charge on any atom is -0.367 e. The summed E-state index contributed by atoms with van der Waals surface area (Å²) in [5.74, 6) is 0.700. The van der Waals surface area contributed by atoms with Gasteiger partial charge in [0, 0.05) is 37.6 Å². The van der Waals surface area contributed by atoms with E-state index in [-0.39, 0.29) is 5.91 Å². The van der Waals surface area contributed by atoms with Crippen LogP contribution < -0.4 is 0 Å². The predicted molar refractivity (Wildman–Crippen MR) is 102 cm³/mol. The maximum absolute atomic E-state index is 12.3. The lowest BCUT2D eigenvalue weighted by atomic mass is 9.96. The van der Waals surface area contributed by atoms with E-state index in [1.807, 2.05) is 30.1 Å². The summed E-state index contributed by atoms with van der Waals surface area (Å²) < 4.78 is 0. The van der Waals surface area contributed by atoms with E-state index < -0.39 is 0 Å². The van der Waals surface area contributed by atoms with Gasteiger partial charge >= 0.3 is 0 Å². The first-order valence-electron chi connectivity index (χ1n) is 8.97. The van der Waals surface area contributed by atoms with Crippen molar-refractivity contribution in [3.63, 3.8) is 0 Å². The van der Waals surface area contributed by atoms with Gasteiger partial charge in [0.25, 0.3) is 5.91 Å². The second-order valence-corrected chi connectivity index (χ2v) is 7.38. The molecule has 1 fully saturated rings. The van der Waals surface area contributed by atoms with Crippen LogP contribution in [0.2, 0.25) is 5.02 Å². The van der Waals surface area contributed by atoms with Crippen molar-refractivity contribution in [2.24, 2.45) is 5.92 Å². The molecule has 0 atom stereocenters. The molecule has 25 heavy (non-hydrogen) atoms. The number of aromatic nitrogens is 1. The fourth-order valence-corrected chi connectivity index (χ4v) is 3.60. The maximum Gasteiger partial charge on any atom is 0.255 e. The first-order chi connectivity index (χ1) is 12.1. The van der Waals surface area contributed by atoms with Crippen LogP contribution in [0.25, 0.3) is 0 Å². The average Bonchev–Trinajstić information content (AvgIpc) is 3.16. The number of hydrogen-bond donors (Lipinski definition) is 1. The molecule has 1 N–H and O–H groups in total. The number of carbonyl (C=O) groups excluding carboxylic acids is 1. The molecule has 0 saturated carbocycles. The van der Waals surface area contributed by atoms with Crippen LogP contribution in [0.1, 0.15) is 28.8 Å². The third-order valence-corrected chi connectivity index (χ3v) is 5.31. The zero-order chi connectivity index (χ0) is 17.6. The van der Waals surface area contributed by atoms with Crippen molar-refractivity contribution < 1.29 is 4.79 Å². The van der Waals surface area contributed by atoms with Gasteiger partial charge < -0.3 is 14.8 Å². The molecule has 1 aliphatic rings. The largest absolute Gasteiger partial charge is 0.367 e. The molecular weight excluding hydrogens is 334 g/mol. The molecule has 1 amide bonds. The van der Waals surface area contributed by atoms with E-state index in [1.54, 1.807) is 12.4 Å². The molecule has 1 aromatic carbocycles. The van der Waals surface area contributed by atoms with Gasteiger partial charge in [0.2, 0.25) is 0 Å². The standard InChI is InChI=1S/C20H26ClN3O/c1-23(20(25)18-6-10-22-14-18)15-17-8-12-24(13-9-17)11-7-16-2-4-19(21)5-3-16/h2-6,10,14,17,22H,7-9,11-13,15H2,1H3. The van der Waals surface area contributed by atoms with Crippen molar-refractivity contribution >= 4 is 17.5 Å². The van der Waals surface area contributed by atoms with Crippen molar-refractivity contribution in [2.75, 3.05) is 33.2 Å². The van der Waals surface area contributed by atoms with E-state index in [0.717, 1.165) is 56.0 Å². The highest BCUT2D eigenvalue weighted by molar-refractivity contribution is 6.30. The van der Waals surface area contributed by atoms with Gasteiger partial charge in [-0.15, -0.1) is 0 Å². The number of likely N-dealkylation sites (tertiary alicyclic amines) is 1. The molecule has 3 rings (SSSR count). The van der Waals surface area contributed by atoms with Crippen LogP contribution in [-0.4, -0.2) is 53.9 Å². The Morgan fingerprint density at radius 1 is 1.24 bits per heavy atom. The van der Waals surface area contributed by atoms with E-state index in [2.05, 4.69) is 22.0 Å². The van der Waals surface area contributed by atoms with E-state index in [1.165, 1.54) is 5.56 Å². The number of rotatable bonds is 6. The summed E-state index contributed by atoms with van der Waals surface area (Å²) >= 11 is 5.93. The topological polar surface area (TPSA) is 39.3 Å². The number of hydrogen-bond acceptors (Lipinski definition) is 2. The molecule has 0 unspecified atom stereocenters. The zero-order valence-electron chi connectivity index (χ0n) is 14.7. The van der Waals surface area contributed by atoms with Crippen molar-refractivity contribution in [1.29, 1.82) is 0 Å². The molecule has 0 aliphatic carbocycles. The van der Waals surface area contributed by atoms with Crippen LogP contribution in [-0.2, 0) is 6.42 Å². The summed E-state index contributed by atoms with van der Waals surface area (Å²) in [7, 11) is 1.91. The Kier molecular flexibility index (Phi) is 6.16. The monoisotopic (exact) mass is 359 g/mol. The predicted octanol–water partition coefficient (Wildman–Crippen LogP) is 3.69. The van der Waals surface area contributed by atoms with Crippen molar-refractivity contribution in [2.45, 2.75) is 19.3 Å². The first kappa shape index (κ1) is 18.0. The number of benzene rings is 1. The van der Waals surface area contributed by atoms with Gasteiger partial charge in [-0.2, -0.15) is 0 Å². The third-order valence-electron chi connectivity index (χ3n) is 5.06. The maximum atomic E-state index is 12.3. The van der Waals surface area contributed by atoms with Gasteiger partial charge in [-0.1, -0.05) is 23.7 Å². The van der Waals surface area contributed by atoms with Gasteiger partial charge in [0.05, 0.1) is 5.56 Å². The lowest BCUT2D eigenvalue weighted by molar-refractivity contribution is 0.0740. The van der Waals surface area contributed by atoms with Crippen LogP contribution in [0.5, 0.6) is 0 Å². The van der Waals surface area contributed by atoms with Gasteiger partial charge in [-0.25, -0.2) is 0 Å². The molecular formula is C20H26ClN3O. The Morgan fingerprint density at radius 3 is 2.60 bits per heavy atom. The van der Waals surface area contributed by atoms with Gasteiger partial charge in [-0.05, 0) is 62.0 Å². The van der Waals surface area contributed by atoms with Crippen molar-refractivity contribution in [3.05, 3.63) is 58.9 Å². The van der Waals surface area contributed by atoms with Crippen LogP contribution in [0, 0.1) is 5.92 Å². The Hall–Kier alpha value is -1.78. The fraction of sp³-hybridized carbons (Fsp3) is 0.450. The van der Waals surface area contributed by atoms with E-state index in [9.17, 15) is 4.79 Å². The lowest BCUT2D eigenvalue weighted by Gasteiger charge is -2.33. The lowest BCUT2D eigenvalue weighted by Crippen LogP contribution is -2.40. The van der Waals surface area contributed by atoms with E-state index in [4.69, 9.17) is 11.6 Å². The molecule has 2 heterocycles. The molecule has 0 spiro atoms. The number of amides is 1. The highest BCUT2D eigenvalue weighted by Gasteiger charge is 2.22. The smallest absolute Gasteiger partial charge is 0.255 e. The molecule has 4 nitrogen and oxygen atoms in total. The highest BCUT2D eigenvalue weighted by atomic mass is 35.5. The molecule has 2 aromatic rings. The van der Waals surface area contributed by atoms with Gasteiger partial charge in [0.1, 0.15) is 0 Å². The summed E-state index contributed by atoms with van der Waals surface area (Å²) in [4.78, 5) is 19.6. The third kappa shape index (κ3) is 5.10. The normalized spacial score (nSPS) is 16.1. The number of H-pyrrole nitrogens is 1. The van der Waals surface area contributed by atoms with Crippen LogP contribution >= 0.6 is 11.6 Å². The molecule has 134 valence electrons. The number of nitrogens with one attached hydrogen (secondary N) is 1. The number of carbonyl (C=O) groups is 1. The van der Waals surface area contributed by atoms with Crippen LogP contribution in [0.15, 0.2) is 42.7 Å². The minimum atomic E-state index is 0.103. The Balaban J connectivity index is 1.39. The van der Waals surface area contributed by atoms with E-state index in [0.29, 0.717) is 5.92 Å². The summed E-state index contributed by atoms with van der Waals surface area (Å²) in [6.45, 7) is 4.16. The Morgan fingerprint density at radius 2 is 1.96 bits per heavy atom. The quantitative estimate of drug-likeness (QED) is 0.854. The molecule has 0 bridgehead atoms. The summed E-state index contributed by atoms with van der Waals surface area (Å²) in [6.07, 6.45) is 6.93. The number of halogens is 1. The number of aromatic amines is 1. The van der Waals surface area contributed by atoms with Crippen LogP contribution in [0.3, 0.4) is 0 Å². The Bertz CT molecular complexity index is 661. The molecule has 0 radical (unpaired) electrons. The van der Waals surface area contributed by atoms with Gasteiger partial charge in [-0.3, -0.25) is 4.79 Å². The second kappa shape index (κ2) is 8.54. The number of nitrogens with zero attached hydrogens (tertiary/aromatic N) is 2. The molecule has 1 aliphatic heterocycles. The van der Waals surface area contributed by atoms with Crippen LogP contribution in [0.4, 0.5) is 0 Å². The zero-order valence-corrected chi connectivity index (χ0v) is 15.5. The average molecular weight is 360 g/mol. The Labute approximate surface area is 154 Å². The molecule has 1 saturated heterocycles. The highest BCUT2D eigenvalue weighted by Crippen LogP contribution is 2.19. The summed E-state index contributed by atoms with van der Waals surface area (Å²) in [5.41, 5.74) is 2.08. The van der Waals surface area contributed by atoms with Crippen molar-refractivity contribution in [1.82, 2.24) is 14.8 Å². The SMILES string of the molecule is CN(CC1CCN(CCc2ccc(Cl)cc2)CC1)C(=O)c1cc[nH]c1. The number of piperidine rings is 1. The second-order valence-electron chi connectivity index (χ2n) is 6.95. The fourth-order valence-electron chi connectivity index (χ4n) is 3.48. The first-order valence-corrected chi connectivity index (χ1v) is 9.34. The minimum absolute atomic E-state index is 0.103. The summed E-state index contributed by atoms with van der Waals surface area (Å²) in [5, 5.41) is 0.794. The summed E-state index contributed by atoms with van der Waals surface area (Å²) in [6, 6.07) is 9.96. The van der Waals surface area contributed by atoms with Crippen molar-refractivity contribution in [3.8, 4) is 0 Å². The molecule has 1 aromatic heterocycles.